The molecule has 0 spiro atoms. The molecule has 2 aromatic carbocycles. The number of rotatable bonds is 14. The summed E-state index contributed by atoms with van der Waals surface area (Å²) in [7, 11) is 1.58. The lowest BCUT2D eigenvalue weighted by molar-refractivity contribution is -0.144. The molecule has 5 atom stereocenters. The summed E-state index contributed by atoms with van der Waals surface area (Å²) in [4.78, 5) is 59.3. The molecule has 1 saturated heterocycles. The van der Waals surface area contributed by atoms with E-state index in [0.717, 1.165) is 10.9 Å². The Bertz CT molecular complexity index is 1950. The zero-order valence-electron chi connectivity index (χ0n) is 29.3. The molecule has 1 aliphatic carbocycles. The van der Waals surface area contributed by atoms with E-state index in [9.17, 15) is 24.3 Å². The Morgan fingerprint density at radius 2 is 1.92 bits per heavy atom. The largest absolute Gasteiger partial charge is 0.497 e. The smallest absolute Gasteiger partial charge is 0.330 e. The first kappa shape index (κ1) is 36.4. The van der Waals surface area contributed by atoms with Crippen LogP contribution in [0.3, 0.4) is 0 Å². The van der Waals surface area contributed by atoms with E-state index in [1.807, 2.05) is 73.8 Å². The molecule has 2 fully saturated rings. The normalized spacial score (nSPS) is 21.3. The van der Waals surface area contributed by atoms with Gasteiger partial charge < -0.3 is 35.4 Å². The summed E-state index contributed by atoms with van der Waals surface area (Å²) in [6, 6.07) is 16.7. The number of nitrogens with zero attached hydrogens (tertiary/aromatic N) is 2. The van der Waals surface area contributed by atoms with Crippen molar-refractivity contribution in [1.82, 2.24) is 25.8 Å². The topological polar surface area (TPSA) is 159 Å². The van der Waals surface area contributed by atoms with Crippen LogP contribution in [0, 0.1) is 11.8 Å². The number of carbonyl (C=O) groups is 4. The predicted molar refractivity (Wildman–Crippen MR) is 198 cm³/mol. The number of hydrogen-bond donors (Lipinski definition) is 4. The van der Waals surface area contributed by atoms with Crippen LogP contribution >= 0.6 is 11.3 Å². The lowest BCUT2D eigenvalue weighted by Gasteiger charge is -2.29. The SMILES string of the molecule is C=C[C@@H]1C[C@]1(NC(=O)[C@@H]1C[C@@H](Oc2cc(-c3ccccc3)nc3cc(OC)ccc23)CN1C(=O)NC(CNC(=O)c1ccsc1)CC(C)C)C(=O)O. The van der Waals surface area contributed by atoms with Gasteiger partial charge in [0.25, 0.3) is 5.91 Å². The van der Waals surface area contributed by atoms with Crippen LogP contribution in [-0.4, -0.2) is 82.7 Å². The second-order valence-corrected chi connectivity index (χ2v) is 14.5. The number of methoxy groups -OCH3 is 1. The second-order valence-electron chi connectivity index (χ2n) is 13.7. The Hall–Kier alpha value is -5.43. The minimum atomic E-state index is -1.48. The first-order chi connectivity index (χ1) is 25.0. The molecule has 4 amide bonds. The van der Waals surface area contributed by atoms with Gasteiger partial charge in [-0.3, -0.25) is 9.59 Å². The lowest BCUT2D eigenvalue weighted by atomic mass is 10.0. The average molecular weight is 726 g/mol. The summed E-state index contributed by atoms with van der Waals surface area (Å²) in [6.07, 6.45) is 1.78. The van der Waals surface area contributed by atoms with E-state index >= 15 is 0 Å². The Kier molecular flexibility index (Phi) is 10.8. The summed E-state index contributed by atoms with van der Waals surface area (Å²) in [6.45, 7) is 7.99. The molecule has 4 N–H and O–H groups in total. The van der Waals surface area contributed by atoms with Crippen LogP contribution in [0.15, 0.2) is 84.1 Å². The summed E-state index contributed by atoms with van der Waals surface area (Å²) < 4.78 is 12.1. The quantitative estimate of drug-likeness (QED) is 0.124. The van der Waals surface area contributed by atoms with Crippen molar-refractivity contribution in [2.45, 2.75) is 56.8 Å². The van der Waals surface area contributed by atoms with E-state index in [0.29, 0.717) is 34.7 Å². The molecule has 272 valence electrons. The number of benzene rings is 2. The molecular weight excluding hydrogens is 683 g/mol. The zero-order chi connectivity index (χ0) is 37.0. The molecule has 0 radical (unpaired) electrons. The van der Waals surface area contributed by atoms with E-state index in [1.165, 1.54) is 22.3 Å². The second kappa shape index (κ2) is 15.4. The lowest BCUT2D eigenvalue weighted by Crippen LogP contribution is -2.56. The molecule has 6 rings (SSSR count). The van der Waals surface area contributed by atoms with Crippen molar-refractivity contribution in [3.8, 4) is 22.8 Å². The van der Waals surface area contributed by atoms with Crippen LogP contribution in [0.1, 0.15) is 43.5 Å². The highest BCUT2D eigenvalue weighted by atomic mass is 32.1. The fraction of sp³-hybridized carbons (Fsp3) is 0.359. The number of carbonyl (C=O) groups excluding carboxylic acids is 3. The number of hydrogen-bond acceptors (Lipinski definition) is 8. The fourth-order valence-electron chi connectivity index (χ4n) is 6.74. The fourth-order valence-corrected chi connectivity index (χ4v) is 7.38. The number of likely N-dealkylation sites (tertiary alicyclic amines) is 1. The van der Waals surface area contributed by atoms with Gasteiger partial charge in [-0.2, -0.15) is 11.3 Å². The highest BCUT2D eigenvalue weighted by Gasteiger charge is 2.61. The molecule has 1 saturated carbocycles. The summed E-state index contributed by atoms with van der Waals surface area (Å²) in [5.41, 5.74) is 1.26. The number of carboxylic acid groups (broad SMARTS) is 1. The van der Waals surface area contributed by atoms with Crippen LogP contribution in [0.4, 0.5) is 4.79 Å². The summed E-state index contributed by atoms with van der Waals surface area (Å²) in [5, 5.41) is 23.0. The molecule has 0 bridgehead atoms. The van der Waals surface area contributed by atoms with Gasteiger partial charge in [0.15, 0.2) is 0 Å². The van der Waals surface area contributed by atoms with Crippen molar-refractivity contribution < 1.29 is 33.8 Å². The summed E-state index contributed by atoms with van der Waals surface area (Å²) in [5.74, 6) is -1.08. The van der Waals surface area contributed by atoms with Crippen molar-refractivity contribution >= 4 is 46.1 Å². The van der Waals surface area contributed by atoms with Gasteiger partial charge in [-0.1, -0.05) is 50.3 Å². The minimum absolute atomic E-state index is 0.0468. The van der Waals surface area contributed by atoms with Gasteiger partial charge in [0.2, 0.25) is 5.91 Å². The molecule has 4 aromatic rings. The van der Waals surface area contributed by atoms with Gasteiger partial charge in [-0.25, -0.2) is 14.6 Å². The van der Waals surface area contributed by atoms with E-state index in [-0.39, 0.29) is 37.8 Å². The number of urea groups is 1. The summed E-state index contributed by atoms with van der Waals surface area (Å²) >= 11 is 1.42. The van der Waals surface area contributed by atoms with E-state index in [1.54, 1.807) is 18.6 Å². The van der Waals surface area contributed by atoms with Crippen LogP contribution < -0.4 is 25.4 Å². The standard InChI is InChI=1S/C39H43N5O7S/c1-5-26-19-39(26,37(47)48)43-36(46)33-17-29(21-44(33)38(49)41-27(15-23(2)3)20-40-35(45)25-13-14-52-22-25)51-34-18-31(24-9-7-6-8-10-24)42-32-16-28(50-4)11-12-30(32)34/h5-14,16,18,22-23,26-27,29,33H,1,15,17,19-21H2,2-4H3,(H,40,45)(H,41,49)(H,43,46)(H,47,48)/t26-,27?,29-,33+,39-/m1/s1. The minimum Gasteiger partial charge on any atom is -0.497 e. The molecule has 12 nitrogen and oxygen atoms in total. The average Bonchev–Trinajstić information content (AvgIpc) is 3.43. The molecule has 52 heavy (non-hydrogen) atoms. The van der Waals surface area contributed by atoms with E-state index in [4.69, 9.17) is 14.5 Å². The number of aliphatic carboxylic acids is 1. The third kappa shape index (κ3) is 7.89. The third-order valence-corrected chi connectivity index (χ3v) is 10.3. The van der Waals surface area contributed by atoms with Crippen molar-refractivity contribution in [3.05, 3.63) is 89.6 Å². The highest BCUT2D eigenvalue weighted by Crippen LogP contribution is 2.45. The Morgan fingerprint density at radius 1 is 1.13 bits per heavy atom. The van der Waals surface area contributed by atoms with Gasteiger partial charge in [0.05, 0.1) is 24.9 Å². The van der Waals surface area contributed by atoms with Gasteiger partial charge in [0.1, 0.15) is 29.2 Å². The number of thiophene rings is 1. The van der Waals surface area contributed by atoms with Gasteiger partial charge in [0, 0.05) is 59.0 Å². The number of aromatic nitrogens is 1. The predicted octanol–water partition coefficient (Wildman–Crippen LogP) is 5.49. The van der Waals surface area contributed by atoms with Crippen LogP contribution in [0.5, 0.6) is 11.5 Å². The maximum absolute atomic E-state index is 14.1. The number of amides is 4. The molecule has 1 aliphatic heterocycles. The van der Waals surface area contributed by atoms with Crippen molar-refractivity contribution in [2.24, 2.45) is 11.8 Å². The first-order valence-corrected chi connectivity index (χ1v) is 18.2. The highest BCUT2D eigenvalue weighted by molar-refractivity contribution is 7.08. The van der Waals surface area contributed by atoms with Gasteiger partial charge >= 0.3 is 12.0 Å². The monoisotopic (exact) mass is 725 g/mol. The number of pyridine rings is 1. The van der Waals surface area contributed by atoms with Gasteiger partial charge in [-0.15, -0.1) is 6.58 Å². The number of carboxylic acids is 1. The molecule has 13 heteroatoms. The van der Waals surface area contributed by atoms with Crippen molar-refractivity contribution in [3.63, 3.8) is 0 Å². The molecular formula is C39H43N5O7S. The van der Waals surface area contributed by atoms with Crippen LogP contribution in [0.25, 0.3) is 22.2 Å². The molecule has 3 heterocycles. The van der Waals surface area contributed by atoms with Crippen LogP contribution in [-0.2, 0) is 9.59 Å². The first-order valence-electron chi connectivity index (χ1n) is 17.3. The van der Waals surface area contributed by atoms with E-state index in [2.05, 4.69) is 22.5 Å². The van der Waals surface area contributed by atoms with Crippen molar-refractivity contribution in [1.29, 1.82) is 0 Å². The third-order valence-electron chi connectivity index (χ3n) is 9.57. The maximum Gasteiger partial charge on any atom is 0.330 e. The van der Waals surface area contributed by atoms with E-state index < -0.39 is 47.6 Å². The molecule has 2 aromatic heterocycles. The molecule has 1 unspecified atom stereocenters. The van der Waals surface area contributed by atoms with Crippen molar-refractivity contribution in [2.75, 3.05) is 20.2 Å². The van der Waals surface area contributed by atoms with Gasteiger partial charge in [-0.05, 0) is 42.3 Å². The molecule has 2 aliphatic rings. The Morgan fingerprint density at radius 3 is 2.58 bits per heavy atom. The number of nitrogens with one attached hydrogen (secondary N) is 3. The Balaban J connectivity index is 1.27. The zero-order valence-corrected chi connectivity index (χ0v) is 30.2. The van der Waals surface area contributed by atoms with Crippen LogP contribution in [0.2, 0.25) is 0 Å². The Labute approximate surface area is 306 Å². The number of ether oxygens (including phenoxy) is 2. The maximum atomic E-state index is 14.1. The number of fused-ring (bicyclic) bond motifs is 1.